The number of ether oxygens (including phenoxy) is 1. The minimum absolute atomic E-state index is 0.0316. The summed E-state index contributed by atoms with van der Waals surface area (Å²) < 4.78 is 32.6. The van der Waals surface area contributed by atoms with Gasteiger partial charge in [-0.1, -0.05) is 24.3 Å². The van der Waals surface area contributed by atoms with E-state index in [-0.39, 0.29) is 17.9 Å². The lowest BCUT2D eigenvalue weighted by molar-refractivity contribution is 0.285. The van der Waals surface area contributed by atoms with Crippen LogP contribution < -0.4 is 4.74 Å². The van der Waals surface area contributed by atoms with Crippen molar-refractivity contribution < 1.29 is 13.5 Å². The molecule has 0 amide bonds. The summed E-state index contributed by atoms with van der Waals surface area (Å²) in [4.78, 5) is 0. The van der Waals surface area contributed by atoms with Crippen molar-refractivity contribution in [3.63, 3.8) is 0 Å². The second-order valence-electron chi connectivity index (χ2n) is 4.35. The van der Waals surface area contributed by atoms with Gasteiger partial charge >= 0.3 is 0 Å². The molecule has 3 nitrogen and oxygen atoms in total. The van der Waals surface area contributed by atoms with Crippen molar-refractivity contribution in [1.29, 1.82) is 10.5 Å². The molecule has 2 rings (SSSR count). The minimum atomic E-state index is -0.652. The van der Waals surface area contributed by atoms with Crippen molar-refractivity contribution in [3.8, 4) is 17.9 Å². The molecule has 0 aliphatic rings. The van der Waals surface area contributed by atoms with E-state index in [0.29, 0.717) is 11.1 Å². The van der Waals surface area contributed by atoms with Crippen LogP contribution in [0.25, 0.3) is 6.08 Å². The summed E-state index contributed by atoms with van der Waals surface area (Å²) in [6, 6.07) is 13.5. The highest BCUT2D eigenvalue weighted by Gasteiger charge is 2.07. The molecule has 2 aromatic rings. The van der Waals surface area contributed by atoms with Gasteiger partial charge in [0.2, 0.25) is 0 Å². The molecule has 108 valence electrons. The van der Waals surface area contributed by atoms with Crippen LogP contribution in [0.15, 0.2) is 48.0 Å². The average molecular weight is 296 g/mol. The first kappa shape index (κ1) is 15.2. The Hall–Kier alpha value is -3.18. The van der Waals surface area contributed by atoms with Crippen LogP contribution in [-0.4, -0.2) is 0 Å². The van der Waals surface area contributed by atoms with Crippen LogP contribution in [0.4, 0.5) is 8.78 Å². The third-order valence-electron chi connectivity index (χ3n) is 2.85. The van der Waals surface area contributed by atoms with Gasteiger partial charge in [-0.25, -0.2) is 8.78 Å². The third kappa shape index (κ3) is 3.68. The molecular formula is C17H10F2N2O. The van der Waals surface area contributed by atoms with Crippen molar-refractivity contribution in [2.45, 2.75) is 6.61 Å². The molecule has 0 spiro atoms. The van der Waals surface area contributed by atoms with Crippen molar-refractivity contribution >= 4 is 6.08 Å². The Bertz CT molecular complexity index is 785. The maximum Gasteiger partial charge on any atom is 0.165 e. The Morgan fingerprint density at radius 1 is 1.05 bits per heavy atom. The first-order chi connectivity index (χ1) is 10.6. The topological polar surface area (TPSA) is 56.8 Å². The van der Waals surface area contributed by atoms with E-state index in [9.17, 15) is 8.78 Å². The number of allylic oxidation sites excluding steroid dienone is 1. The van der Waals surface area contributed by atoms with E-state index in [2.05, 4.69) is 0 Å². The Labute approximate surface area is 126 Å². The number of rotatable bonds is 4. The Morgan fingerprint density at radius 3 is 2.41 bits per heavy atom. The summed E-state index contributed by atoms with van der Waals surface area (Å²) in [7, 11) is 0. The fraction of sp³-hybridized carbons (Fsp3) is 0.0588. The predicted molar refractivity (Wildman–Crippen MR) is 76.3 cm³/mol. The largest absolute Gasteiger partial charge is 0.486 e. The molecule has 2 aromatic carbocycles. The second-order valence-corrected chi connectivity index (χ2v) is 4.35. The molecule has 22 heavy (non-hydrogen) atoms. The lowest BCUT2D eigenvalue weighted by atomic mass is 10.1. The Kier molecular flexibility index (Phi) is 4.85. The van der Waals surface area contributed by atoms with Gasteiger partial charge in [0.05, 0.1) is 0 Å². The van der Waals surface area contributed by atoms with Gasteiger partial charge in [-0.15, -0.1) is 0 Å². The number of hydrogen-bond acceptors (Lipinski definition) is 3. The zero-order valence-corrected chi connectivity index (χ0v) is 11.4. The van der Waals surface area contributed by atoms with E-state index in [1.807, 2.05) is 0 Å². The molecular weight excluding hydrogens is 286 g/mol. The molecule has 0 unspecified atom stereocenters. The second kappa shape index (κ2) is 7.01. The Morgan fingerprint density at radius 2 is 1.77 bits per heavy atom. The van der Waals surface area contributed by atoms with E-state index in [1.165, 1.54) is 24.3 Å². The van der Waals surface area contributed by atoms with Crippen LogP contribution in [-0.2, 0) is 6.61 Å². The first-order valence-electron chi connectivity index (χ1n) is 6.31. The van der Waals surface area contributed by atoms with Crippen molar-refractivity contribution in [1.82, 2.24) is 0 Å². The standard InChI is InChI=1S/C17H10F2N2O/c18-15-4-2-1-3-14(15)11-22-17-6-5-12(8-16(17)19)7-13(9-20)10-21/h1-8H,11H2. The Balaban J connectivity index is 2.14. The van der Waals surface area contributed by atoms with Gasteiger partial charge in [0.25, 0.3) is 0 Å². The summed E-state index contributed by atoms with van der Waals surface area (Å²) in [5.74, 6) is -1.11. The summed E-state index contributed by atoms with van der Waals surface area (Å²) in [6.45, 7) is -0.0968. The highest BCUT2D eigenvalue weighted by molar-refractivity contribution is 5.62. The summed E-state index contributed by atoms with van der Waals surface area (Å²) >= 11 is 0. The van der Waals surface area contributed by atoms with Gasteiger partial charge in [-0.3, -0.25) is 0 Å². The molecule has 0 bridgehead atoms. The zero-order chi connectivity index (χ0) is 15.9. The molecule has 0 saturated carbocycles. The monoisotopic (exact) mass is 296 g/mol. The zero-order valence-electron chi connectivity index (χ0n) is 11.4. The maximum atomic E-state index is 13.9. The quantitative estimate of drug-likeness (QED) is 0.802. The van der Waals surface area contributed by atoms with E-state index in [4.69, 9.17) is 15.3 Å². The van der Waals surface area contributed by atoms with Gasteiger partial charge in [-0.05, 0) is 29.8 Å². The molecule has 0 aliphatic carbocycles. The molecule has 0 aromatic heterocycles. The van der Waals surface area contributed by atoms with Crippen molar-refractivity contribution in [2.24, 2.45) is 0 Å². The summed E-state index contributed by atoms with van der Waals surface area (Å²) in [5, 5.41) is 17.3. The van der Waals surface area contributed by atoms with Crippen LogP contribution in [0.3, 0.4) is 0 Å². The molecule has 0 atom stereocenters. The molecule has 0 N–H and O–H groups in total. The fourth-order valence-corrected chi connectivity index (χ4v) is 1.75. The third-order valence-corrected chi connectivity index (χ3v) is 2.85. The molecule has 0 aliphatic heterocycles. The number of benzene rings is 2. The highest BCUT2D eigenvalue weighted by Crippen LogP contribution is 2.21. The highest BCUT2D eigenvalue weighted by atomic mass is 19.1. The lowest BCUT2D eigenvalue weighted by Crippen LogP contribution is -2.00. The van der Waals surface area contributed by atoms with Gasteiger partial charge in [0.15, 0.2) is 11.6 Å². The van der Waals surface area contributed by atoms with E-state index < -0.39 is 11.6 Å². The molecule has 0 fully saturated rings. The van der Waals surface area contributed by atoms with Crippen LogP contribution in [0, 0.1) is 34.3 Å². The van der Waals surface area contributed by atoms with Gasteiger partial charge < -0.3 is 4.74 Å². The van der Waals surface area contributed by atoms with E-state index in [1.54, 1.807) is 30.3 Å². The molecule has 5 heteroatoms. The SMILES string of the molecule is N#CC(C#N)=Cc1ccc(OCc2ccccc2F)c(F)c1. The van der Waals surface area contributed by atoms with Gasteiger partial charge in [0.1, 0.15) is 30.1 Å². The van der Waals surface area contributed by atoms with E-state index in [0.717, 1.165) is 6.07 Å². The van der Waals surface area contributed by atoms with Crippen LogP contribution >= 0.6 is 0 Å². The average Bonchev–Trinajstić information content (AvgIpc) is 2.53. The van der Waals surface area contributed by atoms with Crippen LogP contribution in [0.5, 0.6) is 5.75 Å². The maximum absolute atomic E-state index is 13.9. The van der Waals surface area contributed by atoms with Crippen molar-refractivity contribution in [2.75, 3.05) is 0 Å². The summed E-state index contributed by atoms with van der Waals surface area (Å²) in [5.41, 5.74) is 0.565. The number of nitrogens with zero attached hydrogens (tertiary/aromatic N) is 2. The molecule has 0 saturated heterocycles. The van der Waals surface area contributed by atoms with Gasteiger partial charge in [-0.2, -0.15) is 10.5 Å². The lowest BCUT2D eigenvalue weighted by Gasteiger charge is -2.08. The van der Waals surface area contributed by atoms with Crippen LogP contribution in [0.2, 0.25) is 0 Å². The predicted octanol–water partition coefficient (Wildman–Crippen LogP) is 3.97. The number of hydrogen-bond donors (Lipinski definition) is 0. The fourth-order valence-electron chi connectivity index (χ4n) is 1.75. The first-order valence-corrected chi connectivity index (χ1v) is 6.31. The van der Waals surface area contributed by atoms with Gasteiger partial charge in [0, 0.05) is 5.56 Å². The van der Waals surface area contributed by atoms with E-state index >= 15 is 0 Å². The van der Waals surface area contributed by atoms with Crippen LogP contribution in [0.1, 0.15) is 11.1 Å². The normalized spacial score (nSPS) is 9.45. The molecule has 0 heterocycles. The number of nitriles is 2. The smallest absolute Gasteiger partial charge is 0.165 e. The minimum Gasteiger partial charge on any atom is -0.486 e. The molecule has 0 radical (unpaired) electrons. The number of halogens is 2. The van der Waals surface area contributed by atoms with Crippen molar-refractivity contribution in [3.05, 3.63) is 70.8 Å². The summed E-state index contributed by atoms with van der Waals surface area (Å²) in [6.07, 6.45) is 1.27.